The van der Waals surface area contributed by atoms with E-state index in [-0.39, 0.29) is 27.4 Å². The highest BCUT2D eigenvalue weighted by Gasteiger charge is 2.66. The Kier molecular flexibility index (Phi) is 8.54. The fraction of sp³-hybridized carbons (Fsp3) is 0.585. The molecular formula is C41H53NO5S. The minimum Gasteiger partial charge on any atom is -0.423 e. The van der Waals surface area contributed by atoms with Crippen LogP contribution in [0.4, 0.5) is 5.69 Å². The number of rotatable bonds is 5. The lowest BCUT2D eigenvalue weighted by Crippen LogP contribution is -2.62. The molecule has 3 saturated carbocycles. The van der Waals surface area contributed by atoms with Crippen molar-refractivity contribution in [2.24, 2.45) is 27.6 Å². The van der Waals surface area contributed by atoms with Crippen LogP contribution >= 0.6 is 11.8 Å². The number of benzene rings is 2. The van der Waals surface area contributed by atoms with Crippen molar-refractivity contribution in [1.29, 1.82) is 0 Å². The molecule has 3 fully saturated rings. The Morgan fingerprint density at radius 2 is 1.48 bits per heavy atom. The van der Waals surface area contributed by atoms with Crippen molar-refractivity contribution in [3.05, 3.63) is 58.7 Å². The molecule has 0 spiro atoms. The molecule has 0 heterocycles. The zero-order valence-corrected chi connectivity index (χ0v) is 31.3. The molecule has 0 aromatic heterocycles. The third kappa shape index (κ3) is 5.62. The van der Waals surface area contributed by atoms with E-state index in [1.54, 1.807) is 11.8 Å². The lowest BCUT2D eigenvalue weighted by molar-refractivity contribution is -0.156. The Balaban J connectivity index is 1.54. The Labute approximate surface area is 291 Å². The third-order valence-electron chi connectivity index (χ3n) is 13.2. The van der Waals surface area contributed by atoms with Crippen molar-refractivity contribution in [2.75, 3.05) is 5.32 Å². The van der Waals surface area contributed by atoms with Crippen LogP contribution in [-0.2, 0) is 19.8 Å². The number of anilines is 1. The molecule has 0 bridgehead atoms. The first-order valence-corrected chi connectivity index (χ1v) is 18.5. The van der Waals surface area contributed by atoms with Gasteiger partial charge in [-0.25, -0.2) is 0 Å². The summed E-state index contributed by atoms with van der Waals surface area (Å²) >= 11 is 1.77. The van der Waals surface area contributed by atoms with Gasteiger partial charge in [0, 0.05) is 42.3 Å². The molecule has 0 saturated heterocycles. The quantitative estimate of drug-likeness (QED) is 0.194. The molecule has 258 valence electrons. The minimum absolute atomic E-state index is 0.0204. The van der Waals surface area contributed by atoms with E-state index in [9.17, 15) is 14.4 Å². The normalized spacial score (nSPS) is 33.2. The first-order valence-electron chi connectivity index (χ1n) is 17.6. The van der Waals surface area contributed by atoms with E-state index in [4.69, 9.17) is 9.47 Å². The summed E-state index contributed by atoms with van der Waals surface area (Å²) in [4.78, 5) is 37.5. The maximum atomic E-state index is 12.4. The third-order valence-corrected chi connectivity index (χ3v) is 14.4. The highest BCUT2D eigenvalue weighted by atomic mass is 32.2. The van der Waals surface area contributed by atoms with Gasteiger partial charge in [-0.2, -0.15) is 0 Å². The number of ether oxygens (including phenoxy) is 2. The molecule has 1 amide bonds. The Bertz CT molecular complexity index is 1710. The van der Waals surface area contributed by atoms with E-state index >= 15 is 0 Å². The first kappa shape index (κ1) is 34.8. The average Bonchev–Trinajstić information content (AvgIpc) is 2.98. The number of carbonyl (C=O) groups excluding carboxylic acids is 3. The number of amides is 1. The summed E-state index contributed by atoms with van der Waals surface area (Å²) in [7, 11) is 0. The molecule has 6 atom stereocenters. The van der Waals surface area contributed by atoms with Gasteiger partial charge in [0.15, 0.2) is 11.5 Å². The van der Waals surface area contributed by atoms with Crippen molar-refractivity contribution in [1.82, 2.24) is 0 Å². The highest BCUT2D eigenvalue weighted by Crippen LogP contribution is 2.75. The fourth-order valence-electron chi connectivity index (χ4n) is 10.4. The highest BCUT2D eigenvalue weighted by molar-refractivity contribution is 7.99. The summed E-state index contributed by atoms with van der Waals surface area (Å²) < 4.78 is 11.6. The second-order valence-corrected chi connectivity index (χ2v) is 18.2. The van der Waals surface area contributed by atoms with Crippen molar-refractivity contribution in [3.8, 4) is 11.5 Å². The van der Waals surface area contributed by atoms with Gasteiger partial charge in [-0.15, -0.1) is 11.8 Å². The Morgan fingerprint density at radius 1 is 0.833 bits per heavy atom. The van der Waals surface area contributed by atoms with Gasteiger partial charge < -0.3 is 14.8 Å². The molecule has 2 aromatic rings. The maximum absolute atomic E-state index is 12.4. The predicted molar refractivity (Wildman–Crippen MR) is 192 cm³/mol. The summed E-state index contributed by atoms with van der Waals surface area (Å²) in [6.45, 7) is 21.3. The number of thioether (sulfide) groups is 1. The van der Waals surface area contributed by atoms with Gasteiger partial charge in [0.2, 0.25) is 5.91 Å². The number of hydrogen-bond acceptors (Lipinski definition) is 6. The number of nitrogens with one attached hydrogen (secondary N) is 1. The number of fused-ring (bicyclic) bond motifs is 7. The predicted octanol–water partition coefficient (Wildman–Crippen LogP) is 10.3. The lowest BCUT2D eigenvalue weighted by Gasteiger charge is -2.70. The first-order chi connectivity index (χ1) is 22.3. The molecule has 7 heteroatoms. The summed E-state index contributed by atoms with van der Waals surface area (Å²) in [6.07, 6.45) is 10.9. The largest absolute Gasteiger partial charge is 0.423 e. The van der Waals surface area contributed by atoms with E-state index < -0.39 is 11.9 Å². The van der Waals surface area contributed by atoms with Crippen LogP contribution in [-0.4, -0.2) is 17.8 Å². The summed E-state index contributed by atoms with van der Waals surface area (Å²) in [5, 5.41) is 2.81. The second kappa shape index (κ2) is 11.8. The van der Waals surface area contributed by atoms with Crippen LogP contribution < -0.4 is 14.8 Å². The molecule has 48 heavy (non-hydrogen) atoms. The van der Waals surface area contributed by atoms with Crippen LogP contribution in [0.25, 0.3) is 0 Å². The van der Waals surface area contributed by atoms with Crippen LogP contribution in [0.5, 0.6) is 11.5 Å². The second-order valence-electron chi connectivity index (χ2n) is 17.0. The van der Waals surface area contributed by atoms with E-state index in [1.165, 1.54) is 52.0 Å². The smallest absolute Gasteiger partial charge is 0.308 e. The van der Waals surface area contributed by atoms with Crippen molar-refractivity contribution in [3.63, 3.8) is 0 Å². The molecule has 4 aliphatic carbocycles. The molecule has 4 aliphatic rings. The van der Waals surface area contributed by atoms with Crippen LogP contribution in [0.3, 0.4) is 0 Å². The average molecular weight is 672 g/mol. The molecule has 0 aliphatic heterocycles. The molecule has 6 rings (SSSR count). The number of allylic oxidation sites excluding steroid dienone is 1. The van der Waals surface area contributed by atoms with Gasteiger partial charge in [0.1, 0.15) is 0 Å². The lowest BCUT2D eigenvalue weighted by atomic mass is 9.34. The number of carbonyl (C=O) groups is 3. The van der Waals surface area contributed by atoms with Crippen LogP contribution in [0.1, 0.15) is 129 Å². The fourth-order valence-corrected chi connectivity index (χ4v) is 11.6. The van der Waals surface area contributed by atoms with Gasteiger partial charge in [-0.3, -0.25) is 14.4 Å². The van der Waals surface area contributed by atoms with E-state index in [1.807, 2.05) is 25.1 Å². The minimum atomic E-state index is -0.455. The van der Waals surface area contributed by atoms with Crippen molar-refractivity contribution < 1.29 is 23.9 Å². The summed E-state index contributed by atoms with van der Waals surface area (Å²) in [5.74, 6) is 0.257. The van der Waals surface area contributed by atoms with Crippen LogP contribution in [0.2, 0.25) is 0 Å². The summed E-state index contributed by atoms with van der Waals surface area (Å²) in [6, 6.07) is 10.0. The zero-order chi connectivity index (χ0) is 35.0. The van der Waals surface area contributed by atoms with Crippen LogP contribution in [0.15, 0.2) is 46.9 Å². The molecule has 1 N–H and O–H groups in total. The SMILES string of the molecule is CC(=O)Nc1ccc(SC2C=C3[C@@](C)(CC[C@@]4(C)[C@@H]5CC(C)(C)CC[C@]5(C)CC[C@]34C)c3cc(OC(C)=O)c(OC(C)=O)c(C)c32)cc1. The number of hydrogen-bond donors (Lipinski definition) is 1. The van der Waals surface area contributed by atoms with Gasteiger partial charge in [0.25, 0.3) is 0 Å². The number of esters is 2. The molecule has 0 radical (unpaired) electrons. The van der Waals surface area contributed by atoms with Gasteiger partial charge in [-0.1, -0.05) is 53.2 Å². The Morgan fingerprint density at radius 3 is 2.10 bits per heavy atom. The van der Waals surface area contributed by atoms with E-state index in [0.717, 1.165) is 46.5 Å². The van der Waals surface area contributed by atoms with E-state index in [2.05, 4.69) is 65.1 Å². The topological polar surface area (TPSA) is 81.7 Å². The molecule has 1 unspecified atom stereocenters. The molecular weight excluding hydrogens is 619 g/mol. The van der Waals surface area contributed by atoms with Gasteiger partial charge in [0.05, 0.1) is 5.25 Å². The molecule has 6 nitrogen and oxygen atoms in total. The van der Waals surface area contributed by atoms with Gasteiger partial charge in [-0.05, 0) is 121 Å². The summed E-state index contributed by atoms with van der Waals surface area (Å²) in [5.41, 5.74) is 5.91. The van der Waals surface area contributed by atoms with Crippen LogP contribution in [0, 0.1) is 34.5 Å². The monoisotopic (exact) mass is 671 g/mol. The standard InChI is InChI=1S/C41H53NO5S/c1-24-35-30(21-31(46-26(3)44)36(24)47-27(4)45)39(8)18-20-41(10)34-23-37(5,6)15-16-38(34,7)17-19-40(41,9)33(39)22-32(35)48-29-13-11-28(12-14-29)42-25(2)43/h11-14,21-22,32,34H,15-20,23H2,1-10H3,(H,42,43)/t32?,34-,38-,39+,40-,41+/m1/s1. The van der Waals surface area contributed by atoms with Crippen molar-refractivity contribution in [2.45, 2.75) is 130 Å². The van der Waals surface area contributed by atoms with Crippen molar-refractivity contribution >= 4 is 35.3 Å². The Hall–Kier alpha value is -3.06. The van der Waals surface area contributed by atoms with E-state index in [0.29, 0.717) is 28.2 Å². The van der Waals surface area contributed by atoms with Gasteiger partial charge >= 0.3 is 11.9 Å². The zero-order valence-electron chi connectivity index (χ0n) is 30.5. The molecule has 2 aromatic carbocycles. The maximum Gasteiger partial charge on any atom is 0.308 e.